The number of amides is 1. The summed E-state index contributed by atoms with van der Waals surface area (Å²) in [6, 6.07) is 10.7. The summed E-state index contributed by atoms with van der Waals surface area (Å²) in [7, 11) is 0. The number of ketones is 1. The number of thiophene rings is 1. The molecule has 2 rings (SSSR count). The van der Waals surface area contributed by atoms with E-state index in [2.05, 4.69) is 5.32 Å². The number of benzene rings is 1. The molecule has 0 aliphatic carbocycles. The molecule has 0 unspecified atom stereocenters. The Morgan fingerprint density at radius 3 is 2.34 bits per heavy atom. The van der Waals surface area contributed by atoms with Crippen molar-refractivity contribution in [3.05, 3.63) is 51.7 Å². The second kappa shape index (κ2) is 13.7. The van der Waals surface area contributed by atoms with Crippen molar-refractivity contribution in [3.8, 4) is 5.75 Å². The summed E-state index contributed by atoms with van der Waals surface area (Å²) in [5, 5.41) is 2.64. The van der Waals surface area contributed by atoms with Crippen molar-refractivity contribution in [3.63, 3.8) is 0 Å². The van der Waals surface area contributed by atoms with Gasteiger partial charge in [0.1, 0.15) is 11.8 Å². The number of hydrogen-bond donors (Lipinski definition) is 1. The van der Waals surface area contributed by atoms with E-state index >= 15 is 0 Å². The predicted octanol–water partition coefficient (Wildman–Crippen LogP) is 4.88. The average Bonchev–Trinajstić information content (AvgIpc) is 3.20. The van der Waals surface area contributed by atoms with E-state index < -0.39 is 12.0 Å². The molecule has 0 bridgehead atoms. The molecule has 0 fully saturated rings. The maximum atomic E-state index is 12.1. The van der Waals surface area contributed by atoms with Crippen molar-refractivity contribution in [1.82, 2.24) is 5.32 Å². The van der Waals surface area contributed by atoms with Crippen LogP contribution in [0.25, 0.3) is 0 Å². The summed E-state index contributed by atoms with van der Waals surface area (Å²) < 4.78 is 10.8. The topological polar surface area (TPSA) is 81.7 Å². The molecule has 1 atom stereocenters. The number of nitrogens with one attached hydrogen (secondary N) is 1. The molecule has 0 aliphatic rings. The summed E-state index contributed by atoms with van der Waals surface area (Å²) in [4.78, 5) is 37.5. The van der Waals surface area contributed by atoms with Gasteiger partial charge in [-0.3, -0.25) is 9.59 Å². The number of carbonyl (C=O) groups is 3. The highest BCUT2D eigenvalue weighted by Gasteiger charge is 2.21. The van der Waals surface area contributed by atoms with E-state index in [-0.39, 0.29) is 18.3 Å². The van der Waals surface area contributed by atoms with Crippen LogP contribution in [0.2, 0.25) is 0 Å². The van der Waals surface area contributed by atoms with Gasteiger partial charge in [-0.05, 0) is 56.5 Å². The number of aryl methyl sites for hydroxylation is 1. The molecule has 7 heteroatoms. The Kier molecular flexibility index (Phi) is 10.9. The monoisotopic (exact) mass is 459 g/mol. The van der Waals surface area contributed by atoms with Crippen molar-refractivity contribution in [2.45, 2.75) is 65.3 Å². The van der Waals surface area contributed by atoms with E-state index in [1.807, 2.05) is 43.3 Å². The Bertz CT molecular complexity index is 875. The minimum Gasteiger partial charge on any atom is -0.494 e. The van der Waals surface area contributed by atoms with Gasteiger partial charge in [-0.1, -0.05) is 25.0 Å². The highest BCUT2D eigenvalue weighted by Crippen LogP contribution is 2.19. The number of carbonyl (C=O) groups excluding carboxylic acids is 3. The lowest BCUT2D eigenvalue weighted by Gasteiger charge is -2.16. The second-order valence-electron chi connectivity index (χ2n) is 7.70. The molecule has 174 valence electrons. The molecule has 1 heterocycles. The largest absolute Gasteiger partial charge is 0.494 e. The lowest BCUT2D eigenvalue weighted by Crippen LogP contribution is -2.42. The van der Waals surface area contributed by atoms with Gasteiger partial charge in [-0.25, -0.2) is 4.79 Å². The number of hydrogen-bond acceptors (Lipinski definition) is 6. The number of rotatable bonds is 14. The highest BCUT2D eigenvalue weighted by molar-refractivity contribution is 7.14. The molecular formula is C25H33NO5S. The zero-order valence-corrected chi connectivity index (χ0v) is 20.0. The quantitative estimate of drug-likeness (QED) is 0.247. The predicted molar refractivity (Wildman–Crippen MR) is 126 cm³/mol. The zero-order valence-electron chi connectivity index (χ0n) is 19.1. The molecule has 2 aromatic rings. The molecule has 1 aromatic heterocycles. The van der Waals surface area contributed by atoms with Crippen LogP contribution in [0, 0.1) is 6.92 Å². The van der Waals surface area contributed by atoms with Gasteiger partial charge < -0.3 is 14.8 Å². The standard InChI is InChI=1S/C25H33NO5S/c1-4-30-25(29)22(26-19(3)27)17-20-11-13-21(14-12-20)31-16-8-6-5-7-9-23(28)24-15-10-18(2)32-24/h10-15,22H,4-9,16-17H2,1-3H3,(H,26,27)/t22-/m0/s1. The zero-order chi connectivity index (χ0) is 23.3. The van der Waals surface area contributed by atoms with Crippen LogP contribution >= 0.6 is 11.3 Å². The van der Waals surface area contributed by atoms with E-state index in [4.69, 9.17) is 9.47 Å². The molecule has 1 N–H and O–H groups in total. The summed E-state index contributed by atoms with van der Waals surface area (Å²) in [5.41, 5.74) is 0.912. The normalized spacial score (nSPS) is 11.6. The maximum absolute atomic E-state index is 12.1. The van der Waals surface area contributed by atoms with E-state index in [0.717, 1.165) is 41.9 Å². The van der Waals surface area contributed by atoms with Gasteiger partial charge in [0.15, 0.2) is 5.78 Å². The molecule has 0 saturated heterocycles. The molecule has 1 aromatic carbocycles. The van der Waals surface area contributed by atoms with Crippen LogP contribution in [0.4, 0.5) is 0 Å². The van der Waals surface area contributed by atoms with Gasteiger partial charge in [-0.2, -0.15) is 0 Å². The van der Waals surface area contributed by atoms with Gasteiger partial charge in [0.2, 0.25) is 5.91 Å². The average molecular weight is 460 g/mol. The Balaban J connectivity index is 1.65. The third-order valence-electron chi connectivity index (χ3n) is 4.89. The second-order valence-corrected chi connectivity index (χ2v) is 8.99. The molecular weight excluding hydrogens is 426 g/mol. The summed E-state index contributed by atoms with van der Waals surface area (Å²) >= 11 is 1.56. The fourth-order valence-electron chi connectivity index (χ4n) is 3.28. The van der Waals surface area contributed by atoms with E-state index in [9.17, 15) is 14.4 Å². The van der Waals surface area contributed by atoms with Gasteiger partial charge in [0.05, 0.1) is 18.1 Å². The molecule has 0 saturated carbocycles. The number of Topliss-reactive ketones (excluding diaryl/α,β-unsaturated/α-hetero) is 1. The Hall–Kier alpha value is -2.67. The minimum atomic E-state index is -0.699. The maximum Gasteiger partial charge on any atom is 0.328 e. The first-order valence-corrected chi connectivity index (χ1v) is 12.0. The van der Waals surface area contributed by atoms with Crippen molar-refractivity contribution in [2.24, 2.45) is 0 Å². The van der Waals surface area contributed by atoms with Gasteiger partial charge >= 0.3 is 5.97 Å². The summed E-state index contributed by atoms with van der Waals surface area (Å²) in [5.74, 6) is 0.302. The van der Waals surface area contributed by atoms with Crippen LogP contribution in [0.5, 0.6) is 5.75 Å². The molecule has 1 amide bonds. The minimum absolute atomic E-state index is 0.239. The molecule has 32 heavy (non-hydrogen) atoms. The van der Waals surface area contributed by atoms with E-state index in [1.165, 1.54) is 11.8 Å². The van der Waals surface area contributed by atoms with Crippen LogP contribution in [-0.4, -0.2) is 36.9 Å². The third kappa shape index (κ3) is 9.22. The highest BCUT2D eigenvalue weighted by atomic mass is 32.1. The third-order valence-corrected chi connectivity index (χ3v) is 5.94. The first-order valence-electron chi connectivity index (χ1n) is 11.1. The smallest absolute Gasteiger partial charge is 0.328 e. The summed E-state index contributed by atoms with van der Waals surface area (Å²) in [6.45, 7) is 6.02. The Morgan fingerprint density at radius 1 is 1.00 bits per heavy atom. The van der Waals surface area contributed by atoms with E-state index in [1.54, 1.807) is 18.3 Å². The first-order chi connectivity index (χ1) is 15.4. The SMILES string of the molecule is CCOC(=O)[C@H](Cc1ccc(OCCCCCCC(=O)c2ccc(C)s2)cc1)NC(C)=O. The van der Waals surface area contributed by atoms with Gasteiger partial charge in [-0.15, -0.1) is 11.3 Å². The van der Waals surface area contributed by atoms with Gasteiger partial charge in [0.25, 0.3) is 0 Å². The molecule has 0 spiro atoms. The van der Waals surface area contributed by atoms with Crippen LogP contribution in [0.15, 0.2) is 36.4 Å². The van der Waals surface area contributed by atoms with Crippen LogP contribution < -0.4 is 10.1 Å². The first kappa shape index (κ1) is 25.6. The summed E-state index contributed by atoms with van der Waals surface area (Å²) in [6.07, 6.45) is 4.83. The van der Waals surface area contributed by atoms with Crippen molar-refractivity contribution >= 4 is 29.0 Å². The van der Waals surface area contributed by atoms with Crippen LogP contribution in [0.3, 0.4) is 0 Å². The van der Waals surface area contributed by atoms with Crippen LogP contribution in [-0.2, 0) is 20.7 Å². The van der Waals surface area contributed by atoms with Crippen molar-refractivity contribution in [2.75, 3.05) is 13.2 Å². The van der Waals surface area contributed by atoms with Crippen LogP contribution in [0.1, 0.15) is 66.1 Å². The number of esters is 1. The lowest BCUT2D eigenvalue weighted by atomic mass is 10.1. The van der Waals surface area contributed by atoms with Gasteiger partial charge in [0, 0.05) is 24.6 Å². The fraction of sp³-hybridized carbons (Fsp3) is 0.480. The molecule has 0 aliphatic heterocycles. The van der Waals surface area contributed by atoms with Crippen molar-refractivity contribution < 1.29 is 23.9 Å². The fourth-order valence-corrected chi connectivity index (χ4v) is 4.11. The number of ether oxygens (including phenoxy) is 2. The number of unbranched alkanes of at least 4 members (excludes halogenated alkanes) is 3. The molecule has 6 nitrogen and oxygen atoms in total. The lowest BCUT2D eigenvalue weighted by molar-refractivity contribution is -0.147. The molecule has 0 radical (unpaired) electrons. The Morgan fingerprint density at radius 2 is 1.72 bits per heavy atom. The van der Waals surface area contributed by atoms with Crippen molar-refractivity contribution in [1.29, 1.82) is 0 Å². The Labute approximate surface area is 194 Å². The van der Waals surface area contributed by atoms with E-state index in [0.29, 0.717) is 19.4 Å².